The Morgan fingerprint density at radius 2 is 1.12 bits per heavy atom. The Hall–Kier alpha value is 0. The fraction of sp³-hybridized carbons (Fsp3) is 1.00. The van der Waals surface area contributed by atoms with E-state index in [1.165, 1.54) is 12.8 Å². The SMILES string of the molecule is CCC(C)[C@@H](C)CC. The summed E-state index contributed by atoms with van der Waals surface area (Å²) in [5.74, 6) is 1.83. The maximum absolute atomic E-state index is 2.33. The number of hydrogen-bond acceptors (Lipinski definition) is 0. The molecule has 0 saturated carbocycles. The first-order valence-corrected chi connectivity index (χ1v) is 3.72. The molecule has 0 rings (SSSR count). The van der Waals surface area contributed by atoms with E-state index in [-0.39, 0.29) is 0 Å². The minimum Gasteiger partial charge on any atom is -0.0651 e. The van der Waals surface area contributed by atoms with Crippen molar-refractivity contribution in [3.8, 4) is 0 Å². The zero-order valence-corrected chi connectivity index (χ0v) is 6.57. The molecule has 50 valence electrons. The van der Waals surface area contributed by atoms with Crippen molar-refractivity contribution < 1.29 is 0 Å². The van der Waals surface area contributed by atoms with Crippen LogP contribution in [0.4, 0.5) is 0 Å². The van der Waals surface area contributed by atoms with E-state index in [1.54, 1.807) is 0 Å². The molecule has 0 aliphatic rings. The van der Waals surface area contributed by atoms with Crippen molar-refractivity contribution in [3.63, 3.8) is 0 Å². The van der Waals surface area contributed by atoms with Gasteiger partial charge in [0.2, 0.25) is 0 Å². The minimum absolute atomic E-state index is 0.917. The fourth-order valence-electron chi connectivity index (χ4n) is 0.805. The largest absolute Gasteiger partial charge is 0.0651 e. The van der Waals surface area contributed by atoms with E-state index >= 15 is 0 Å². The van der Waals surface area contributed by atoms with Crippen LogP contribution in [0.3, 0.4) is 0 Å². The molecule has 8 heavy (non-hydrogen) atoms. The molecule has 0 fully saturated rings. The highest BCUT2D eigenvalue weighted by atomic mass is 14.1. The normalized spacial score (nSPS) is 18.0. The van der Waals surface area contributed by atoms with Crippen LogP contribution in [-0.2, 0) is 0 Å². The van der Waals surface area contributed by atoms with Gasteiger partial charge in [0.05, 0.1) is 0 Å². The second kappa shape index (κ2) is 3.94. The van der Waals surface area contributed by atoms with Crippen molar-refractivity contribution in [1.82, 2.24) is 0 Å². The molecule has 0 spiro atoms. The molecule has 0 aromatic heterocycles. The summed E-state index contributed by atoms with van der Waals surface area (Å²) in [6, 6.07) is 0. The third-order valence-electron chi connectivity index (χ3n) is 2.26. The molecule has 0 heteroatoms. The summed E-state index contributed by atoms with van der Waals surface area (Å²) in [5.41, 5.74) is 0. The van der Waals surface area contributed by atoms with Gasteiger partial charge >= 0.3 is 0 Å². The predicted octanol–water partition coefficient (Wildman–Crippen LogP) is 3.08. The lowest BCUT2D eigenvalue weighted by atomic mass is 9.92. The molecular formula is C8H18. The number of hydrogen-bond donors (Lipinski definition) is 0. The Morgan fingerprint density at radius 1 is 0.875 bits per heavy atom. The molecule has 0 aliphatic carbocycles. The standard InChI is InChI=1S/C8H18/c1-5-7(3)8(4)6-2/h7-8H,5-6H2,1-4H3/t7-,8?/m0/s1. The lowest BCUT2D eigenvalue weighted by molar-refractivity contribution is 0.367. The zero-order valence-electron chi connectivity index (χ0n) is 6.57. The van der Waals surface area contributed by atoms with Gasteiger partial charge in [-0.3, -0.25) is 0 Å². The van der Waals surface area contributed by atoms with Gasteiger partial charge in [0.25, 0.3) is 0 Å². The molecule has 0 N–H and O–H groups in total. The van der Waals surface area contributed by atoms with E-state index in [4.69, 9.17) is 0 Å². The van der Waals surface area contributed by atoms with Gasteiger partial charge in [-0.15, -0.1) is 0 Å². The third-order valence-corrected chi connectivity index (χ3v) is 2.26. The molecule has 0 heterocycles. The Morgan fingerprint density at radius 3 is 1.25 bits per heavy atom. The van der Waals surface area contributed by atoms with Crippen LogP contribution in [0, 0.1) is 11.8 Å². The monoisotopic (exact) mass is 114 g/mol. The first kappa shape index (κ1) is 8.00. The van der Waals surface area contributed by atoms with E-state index in [0.717, 1.165) is 11.8 Å². The van der Waals surface area contributed by atoms with Gasteiger partial charge in [0.15, 0.2) is 0 Å². The average Bonchev–Trinajstić information content (AvgIpc) is 1.84. The Kier molecular flexibility index (Phi) is 3.94. The summed E-state index contributed by atoms with van der Waals surface area (Å²) in [5, 5.41) is 0. The van der Waals surface area contributed by atoms with Crippen molar-refractivity contribution in [3.05, 3.63) is 0 Å². The van der Waals surface area contributed by atoms with E-state index in [9.17, 15) is 0 Å². The third kappa shape index (κ3) is 2.34. The molecule has 0 aromatic carbocycles. The van der Waals surface area contributed by atoms with Gasteiger partial charge in [0, 0.05) is 0 Å². The van der Waals surface area contributed by atoms with Gasteiger partial charge in [-0.25, -0.2) is 0 Å². The van der Waals surface area contributed by atoms with Crippen molar-refractivity contribution in [2.45, 2.75) is 40.5 Å². The maximum Gasteiger partial charge on any atom is -0.0420 e. The molecule has 0 aromatic rings. The van der Waals surface area contributed by atoms with Gasteiger partial charge in [0.1, 0.15) is 0 Å². The molecule has 2 atom stereocenters. The van der Waals surface area contributed by atoms with Crippen molar-refractivity contribution in [2.24, 2.45) is 11.8 Å². The lowest BCUT2D eigenvalue weighted by Crippen LogP contribution is -2.04. The highest BCUT2D eigenvalue weighted by molar-refractivity contribution is 4.56. The Bertz CT molecular complexity index is 40.0. The lowest BCUT2D eigenvalue weighted by Gasteiger charge is -2.14. The van der Waals surface area contributed by atoms with Crippen LogP contribution in [0.5, 0.6) is 0 Å². The van der Waals surface area contributed by atoms with E-state index in [0.29, 0.717) is 0 Å². The van der Waals surface area contributed by atoms with Gasteiger partial charge < -0.3 is 0 Å². The van der Waals surface area contributed by atoms with Crippen molar-refractivity contribution in [2.75, 3.05) is 0 Å². The van der Waals surface area contributed by atoms with Gasteiger partial charge in [-0.05, 0) is 11.8 Å². The molecule has 0 saturated heterocycles. The van der Waals surface area contributed by atoms with Crippen LogP contribution in [-0.4, -0.2) is 0 Å². The second-order valence-corrected chi connectivity index (χ2v) is 2.77. The predicted molar refractivity (Wildman–Crippen MR) is 38.9 cm³/mol. The molecule has 1 unspecified atom stereocenters. The molecular weight excluding hydrogens is 96.1 g/mol. The van der Waals surface area contributed by atoms with Crippen LogP contribution in [0.15, 0.2) is 0 Å². The van der Waals surface area contributed by atoms with E-state index in [1.807, 2.05) is 0 Å². The van der Waals surface area contributed by atoms with Crippen LogP contribution in [0.1, 0.15) is 40.5 Å². The highest BCUT2D eigenvalue weighted by Crippen LogP contribution is 2.16. The fourth-order valence-corrected chi connectivity index (χ4v) is 0.805. The Balaban J connectivity index is 3.29. The summed E-state index contributed by atoms with van der Waals surface area (Å²) in [4.78, 5) is 0. The summed E-state index contributed by atoms with van der Waals surface area (Å²) in [6.07, 6.45) is 2.66. The van der Waals surface area contributed by atoms with Gasteiger partial charge in [-0.2, -0.15) is 0 Å². The summed E-state index contributed by atoms with van der Waals surface area (Å²) in [7, 11) is 0. The quantitative estimate of drug-likeness (QED) is 0.529. The average molecular weight is 114 g/mol. The summed E-state index contributed by atoms with van der Waals surface area (Å²) >= 11 is 0. The molecule has 0 aliphatic heterocycles. The smallest absolute Gasteiger partial charge is 0.0420 e. The first-order chi connectivity index (χ1) is 3.72. The van der Waals surface area contributed by atoms with Crippen LogP contribution in [0.25, 0.3) is 0 Å². The minimum atomic E-state index is 0.917. The Labute approximate surface area is 53.3 Å². The summed E-state index contributed by atoms with van der Waals surface area (Å²) < 4.78 is 0. The first-order valence-electron chi connectivity index (χ1n) is 3.72. The van der Waals surface area contributed by atoms with E-state index in [2.05, 4.69) is 27.7 Å². The van der Waals surface area contributed by atoms with Crippen LogP contribution >= 0.6 is 0 Å². The number of rotatable bonds is 3. The maximum atomic E-state index is 2.33. The van der Waals surface area contributed by atoms with Crippen molar-refractivity contribution >= 4 is 0 Å². The zero-order chi connectivity index (χ0) is 6.57. The second-order valence-electron chi connectivity index (χ2n) is 2.77. The van der Waals surface area contributed by atoms with Crippen LogP contribution < -0.4 is 0 Å². The molecule has 0 nitrogen and oxygen atoms in total. The topological polar surface area (TPSA) is 0 Å². The summed E-state index contributed by atoms with van der Waals surface area (Å²) in [6.45, 7) is 9.18. The van der Waals surface area contributed by atoms with Crippen molar-refractivity contribution in [1.29, 1.82) is 0 Å². The van der Waals surface area contributed by atoms with Crippen LogP contribution in [0.2, 0.25) is 0 Å². The van der Waals surface area contributed by atoms with E-state index < -0.39 is 0 Å². The van der Waals surface area contributed by atoms with Gasteiger partial charge in [-0.1, -0.05) is 40.5 Å². The molecule has 0 radical (unpaired) electrons. The molecule has 0 bridgehead atoms. The highest BCUT2D eigenvalue weighted by Gasteiger charge is 2.05. The molecule has 0 amide bonds.